The number of ether oxygens (including phenoxy) is 14. The third kappa shape index (κ3) is 37.7. The molecule has 7 aromatic heterocycles. The van der Waals surface area contributed by atoms with Crippen molar-refractivity contribution in [2.24, 2.45) is 10.8 Å². The van der Waals surface area contributed by atoms with Gasteiger partial charge in [0.2, 0.25) is 11.1 Å². The molecule has 0 unspecified atom stereocenters. The predicted octanol–water partition coefficient (Wildman–Crippen LogP) is 12.3. The van der Waals surface area contributed by atoms with Gasteiger partial charge in [0.15, 0.2) is 46.5 Å². The Morgan fingerprint density at radius 1 is 0.500 bits per heavy atom. The van der Waals surface area contributed by atoms with Crippen molar-refractivity contribution in [2.75, 3.05) is 110 Å². The molecule has 0 aliphatic carbocycles. The van der Waals surface area contributed by atoms with E-state index in [0.29, 0.717) is 195 Å². The van der Waals surface area contributed by atoms with Gasteiger partial charge in [0.1, 0.15) is 79.3 Å². The number of nitrogens with zero attached hydrogens (tertiary/aromatic N) is 7. The summed E-state index contributed by atoms with van der Waals surface area (Å²) in [5.41, 5.74) is 1.73. The van der Waals surface area contributed by atoms with Crippen LogP contribution in [0.25, 0.3) is 24.3 Å². The zero-order valence-corrected chi connectivity index (χ0v) is 75.3. The summed E-state index contributed by atoms with van der Waals surface area (Å²) in [6, 6.07) is 11.7. The number of aliphatic carboxylic acids is 1. The molecule has 15 heterocycles. The van der Waals surface area contributed by atoms with Crippen molar-refractivity contribution in [1.29, 1.82) is 0 Å². The lowest BCUT2D eigenvalue weighted by atomic mass is 9.97. The summed E-state index contributed by atoms with van der Waals surface area (Å²) in [4.78, 5) is 137. The second-order valence-electron chi connectivity index (χ2n) is 26.9. The molecule has 4 N–H and O–H groups in total. The van der Waals surface area contributed by atoms with Crippen LogP contribution in [0.4, 0.5) is 0 Å². The monoisotopic (exact) mass is 1990 g/mol. The molecule has 0 saturated carbocycles. The molecular formula is C84H90Br4ClN9O26. The number of H-pyrrole nitrogens is 1. The molecule has 0 aromatic carbocycles. The molecule has 40 heteroatoms. The lowest BCUT2D eigenvalue weighted by molar-refractivity contribution is -0.162. The van der Waals surface area contributed by atoms with E-state index in [1.165, 1.54) is 66.0 Å². The number of hydrogen-bond acceptors (Lipinski definition) is 31. The molecule has 0 bridgehead atoms. The van der Waals surface area contributed by atoms with Crippen molar-refractivity contribution in [2.45, 2.75) is 61.3 Å². The Hall–Kier alpha value is -12.1. The van der Waals surface area contributed by atoms with E-state index in [9.17, 15) is 47.9 Å². The van der Waals surface area contributed by atoms with Crippen LogP contribution in [0.1, 0.15) is 93.9 Å². The van der Waals surface area contributed by atoms with Gasteiger partial charge in [0.25, 0.3) is 52.7 Å². The summed E-state index contributed by atoms with van der Waals surface area (Å²) in [5.74, 6) is 2.87. The number of imide groups is 1. The van der Waals surface area contributed by atoms with Crippen molar-refractivity contribution in [3.63, 3.8) is 0 Å². The first-order chi connectivity index (χ1) is 59.4. The Balaban J connectivity index is 0.000000219. The van der Waals surface area contributed by atoms with Gasteiger partial charge in [0, 0.05) is 123 Å². The van der Waals surface area contributed by atoms with Crippen LogP contribution < -0.4 is 67.7 Å². The number of carbonyl (C=O) groups is 9. The number of amides is 3. The number of nitrogens with one attached hydrogen (secondary N) is 2. The zero-order chi connectivity index (χ0) is 90.4. The van der Waals surface area contributed by atoms with Crippen LogP contribution in [0.2, 0.25) is 0 Å². The Labute approximate surface area is 751 Å². The van der Waals surface area contributed by atoms with E-state index in [4.69, 9.17) is 88.1 Å². The Kier molecular flexibility index (Phi) is 43.7. The van der Waals surface area contributed by atoms with Crippen molar-refractivity contribution in [1.82, 2.24) is 45.1 Å². The maximum atomic E-state index is 12.0. The predicted molar refractivity (Wildman–Crippen MR) is 467 cm³/mol. The average molecular weight is 2000 g/mol. The van der Waals surface area contributed by atoms with Gasteiger partial charge in [-0.25, -0.2) is 44.3 Å². The lowest BCUT2D eigenvalue weighted by Gasteiger charge is -2.19. The molecule has 3 amide bonds. The molecule has 8 aliphatic heterocycles. The maximum absolute atomic E-state index is 12.0. The number of carbonyl (C=O) groups excluding carboxylic acids is 8. The van der Waals surface area contributed by atoms with Gasteiger partial charge in [-0.3, -0.25) is 38.5 Å². The number of aromatic amines is 1. The summed E-state index contributed by atoms with van der Waals surface area (Å²) in [6.45, 7) is 19.8. The number of alkyl halides is 2. The van der Waals surface area contributed by atoms with Gasteiger partial charge in [-0.2, -0.15) is 0 Å². The summed E-state index contributed by atoms with van der Waals surface area (Å²) in [7, 11) is 0. The Bertz CT molecular complexity index is 5030. The highest BCUT2D eigenvalue weighted by molar-refractivity contribution is 9.12. The Morgan fingerprint density at radius 2 is 0.871 bits per heavy atom. The standard InChI is InChI=1S/C15H14N2O4.C15H17NO5.C12H13NO4.C10H9NO4.C8H7NO3.C7H6BrNO2.C5H4BrNO2.C5H9ClO.C5H7NO.C2H4Br2/c18-13-3-1-2-6-17(13)14(19)5-4-11-9-12-15(16-10-11)21-8-7-20-12;1-15(2,3)14(18)21-12(17)5-4-10-8-11-13(16-9-10)20-7-6-19-11;1-2-15-11(14)4-3-9-7-10-12(13-8-9)17-6-5-16-10;12-9(13)2-1-7-5-8-10(11-6-7)15-4-3-14-8;10-5-6-3-7-8(9-4-6)12-2-1-11-7;8-5-3-6-7(9-4-5)11-2-1-10-6;6-3-1-4(8)5(9)7-2-3;1-5(2,3)4(6)7;7-5-3-1-2-4-6-5;3-1-2-4/h1,3-5,9-10H,2,6-8H2;4-5,8-9H,6-7H2,1-3H3;3-4,7-8H,2,5-6H2,1H3;1-2,5-6H,3-4H2,(H,12,13);3-5H,1-2H2;3-4H,1-2H2;1-2,8H,(H,7,9);1-3H3;1,3H,2,4H2,(H,6,7);1-2H2/b2*5-4+;4-3+;2-1+;;;;;;. The molecule has 124 heavy (non-hydrogen) atoms. The van der Waals surface area contributed by atoms with Gasteiger partial charge < -0.3 is 86.8 Å². The number of fused-ring (bicyclic) bond motifs is 6. The van der Waals surface area contributed by atoms with E-state index in [2.05, 4.69) is 104 Å². The fourth-order valence-electron chi connectivity index (χ4n) is 9.09. The van der Waals surface area contributed by atoms with E-state index in [0.717, 1.165) is 46.0 Å². The number of rotatable bonds is 11. The van der Waals surface area contributed by atoms with E-state index in [1.807, 2.05) is 12.1 Å². The van der Waals surface area contributed by atoms with Gasteiger partial charge in [-0.15, -0.1) is 0 Å². The van der Waals surface area contributed by atoms with Crippen molar-refractivity contribution in [3.8, 4) is 75.5 Å². The van der Waals surface area contributed by atoms with Gasteiger partial charge in [-0.1, -0.05) is 64.8 Å². The van der Waals surface area contributed by atoms with Crippen LogP contribution in [0.5, 0.6) is 75.5 Å². The molecule has 0 fully saturated rings. The fraction of sp³-hybridized carbons (Fsp3) is 0.333. The highest BCUT2D eigenvalue weighted by Crippen LogP contribution is 2.34. The van der Waals surface area contributed by atoms with E-state index < -0.39 is 28.9 Å². The molecule has 15 rings (SSSR count). The zero-order valence-electron chi connectivity index (χ0n) is 68.2. The second kappa shape index (κ2) is 53.7. The van der Waals surface area contributed by atoms with E-state index in [1.54, 1.807) is 128 Å². The van der Waals surface area contributed by atoms with Gasteiger partial charge >= 0.3 is 23.9 Å². The molecule has 0 atom stereocenters. The van der Waals surface area contributed by atoms with Crippen LogP contribution in [-0.2, 0) is 47.8 Å². The third-order valence-corrected chi connectivity index (χ3v) is 18.4. The number of hydrogen-bond donors (Lipinski definition) is 4. The first-order valence-electron chi connectivity index (χ1n) is 37.7. The topological polar surface area (TPSA) is 449 Å². The highest BCUT2D eigenvalue weighted by atomic mass is 79.9. The number of halogens is 5. The summed E-state index contributed by atoms with van der Waals surface area (Å²) in [6.07, 6.45) is 31.0. The van der Waals surface area contributed by atoms with Crippen LogP contribution in [0, 0.1) is 10.8 Å². The number of carboxylic acids is 1. The first-order valence-corrected chi connectivity index (χ1v) is 42.0. The van der Waals surface area contributed by atoms with E-state index in [-0.39, 0.29) is 40.1 Å². The van der Waals surface area contributed by atoms with E-state index >= 15 is 0 Å². The van der Waals surface area contributed by atoms with Crippen LogP contribution in [-0.4, -0.2) is 213 Å². The fourth-order valence-corrected chi connectivity index (χ4v) is 9.73. The third-order valence-electron chi connectivity index (χ3n) is 15.0. The summed E-state index contributed by atoms with van der Waals surface area (Å²) >= 11 is 17.9. The summed E-state index contributed by atoms with van der Waals surface area (Å²) < 4.78 is 74.6. The number of carboxylic acid groups (broad SMARTS) is 1. The first kappa shape index (κ1) is 101. The smallest absolute Gasteiger partial charge is 0.338 e. The molecular weight excluding hydrogens is 1910 g/mol. The van der Waals surface area contributed by atoms with Crippen molar-refractivity contribution in [3.05, 3.63) is 182 Å². The molecule has 8 aliphatic rings. The molecule has 662 valence electrons. The highest BCUT2D eigenvalue weighted by Gasteiger charge is 2.26. The van der Waals surface area contributed by atoms with Crippen molar-refractivity contribution >= 4 is 153 Å². The molecule has 0 saturated heterocycles. The van der Waals surface area contributed by atoms with Crippen LogP contribution in [0.3, 0.4) is 0 Å². The molecule has 7 aromatic rings. The molecule has 0 radical (unpaired) electrons. The number of pyridine rings is 7. The quantitative estimate of drug-likeness (QED) is 0.0233. The minimum Gasteiger partial charge on any atom is -0.503 e. The van der Waals surface area contributed by atoms with Gasteiger partial charge in [-0.05, 0) is 173 Å². The van der Waals surface area contributed by atoms with Crippen LogP contribution in [0.15, 0.2) is 148 Å². The number of aromatic hydroxyl groups is 1. The number of esters is 3. The van der Waals surface area contributed by atoms with Crippen LogP contribution >= 0.6 is 75.3 Å². The SMILES string of the molecule is BrCCBr.Brc1cnc2c(c1)OCCO2.CC(C)(C)C(=O)Cl.CC(C)(C)C(=O)OC(=O)/C=C/c1cnc2c(c1)OCCO2.CCOC(=O)/C=C/c1cnc2c(c1)OCCO2.O=C(O)/C=C/c1cnc2c(c1)OCCO2.O=C1C=CCCN1.O=C1C=CCCN1C(=O)/C=C/c1cnc2c(c1)OCCO2.O=Cc1cnc2c(c1)OCCO2.O=c1[nH]cc(Br)cc1O. The number of aldehydes is 1. The number of aromatic nitrogens is 7. The maximum Gasteiger partial charge on any atom is 0.338 e. The average Bonchev–Trinajstić information content (AvgIpc) is 0.859. The minimum absolute atomic E-state index is 0.0336. The minimum atomic E-state index is -0.995. The summed E-state index contributed by atoms with van der Waals surface area (Å²) in [5, 5.41) is 21.6. The second-order valence-corrected chi connectivity index (χ2v) is 30.7. The Morgan fingerprint density at radius 3 is 1.21 bits per heavy atom. The largest absolute Gasteiger partial charge is 0.503 e. The lowest BCUT2D eigenvalue weighted by Crippen LogP contribution is -2.37. The molecule has 0 spiro atoms. The molecule has 35 nitrogen and oxygen atoms in total. The van der Waals surface area contributed by atoms with Crippen molar-refractivity contribution < 1.29 is 120 Å². The normalized spacial score (nSPS) is 14.2. The van der Waals surface area contributed by atoms with Gasteiger partial charge in [0.05, 0.1) is 12.0 Å².